The molecule has 0 amide bonds. The van der Waals surface area contributed by atoms with E-state index in [1.807, 2.05) is 26.0 Å². The maximum Gasteiger partial charge on any atom is 0.209 e. The van der Waals surface area contributed by atoms with Gasteiger partial charge in [-0.2, -0.15) is 0 Å². The molecule has 0 saturated heterocycles. The van der Waals surface area contributed by atoms with Gasteiger partial charge in [0.15, 0.2) is 6.29 Å². The molecular formula is C22H23FN4O3. The summed E-state index contributed by atoms with van der Waals surface area (Å²) in [6.45, 7) is 4.36. The molecule has 4 aromatic rings. The van der Waals surface area contributed by atoms with Crippen molar-refractivity contribution in [2.24, 2.45) is 0 Å². The van der Waals surface area contributed by atoms with Gasteiger partial charge in [-0.3, -0.25) is 9.20 Å². The Morgan fingerprint density at radius 1 is 1.13 bits per heavy atom. The SMILES string of the molecule is CC.COc1ccc(CNc2nc3c(F)cccc3c3nc(C=O)cn23)c(OC)c1. The van der Waals surface area contributed by atoms with Crippen LogP contribution in [-0.2, 0) is 6.54 Å². The van der Waals surface area contributed by atoms with Crippen molar-refractivity contribution in [3.8, 4) is 11.5 Å². The number of hydrogen-bond donors (Lipinski definition) is 1. The highest BCUT2D eigenvalue weighted by atomic mass is 19.1. The predicted octanol–water partition coefficient (Wildman–Crippen LogP) is 4.49. The third-order valence-corrected chi connectivity index (χ3v) is 4.45. The lowest BCUT2D eigenvalue weighted by Crippen LogP contribution is -2.08. The van der Waals surface area contributed by atoms with Crippen molar-refractivity contribution < 1.29 is 18.7 Å². The molecule has 0 unspecified atom stereocenters. The lowest BCUT2D eigenvalue weighted by Gasteiger charge is -2.13. The van der Waals surface area contributed by atoms with Crippen LogP contribution in [0.1, 0.15) is 29.9 Å². The minimum atomic E-state index is -0.458. The summed E-state index contributed by atoms with van der Waals surface area (Å²) in [5, 5.41) is 3.71. The molecular weight excluding hydrogens is 387 g/mol. The first kappa shape index (κ1) is 21.0. The van der Waals surface area contributed by atoms with Crippen molar-refractivity contribution in [1.29, 1.82) is 0 Å². The van der Waals surface area contributed by atoms with Crippen LogP contribution in [0.5, 0.6) is 11.5 Å². The topological polar surface area (TPSA) is 77.8 Å². The molecule has 0 fully saturated rings. The Labute approximate surface area is 173 Å². The molecule has 0 aliphatic carbocycles. The second kappa shape index (κ2) is 9.21. The summed E-state index contributed by atoms with van der Waals surface area (Å²) in [5.41, 5.74) is 1.74. The monoisotopic (exact) mass is 410 g/mol. The highest BCUT2D eigenvalue weighted by Crippen LogP contribution is 2.27. The molecule has 0 bridgehead atoms. The number of nitrogens with one attached hydrogen (secondary N) is 1. The van der Waals surface area contributed by atoms with Crippen molar-refractivity contribution in [2.75, 3.05) is 19.5 Å². The van der Waals surface area contributed by atoms with E-state index in [4.69, 9.17) is 9.47 Å². The third kappa shape index (κ3) is 3.89. The van der Waals surface area contributed by atoms with E-state index in [0.717, 1.165) is 5.56 Å². The summed E-state index contributed by atoms with van der Waals surface area (Å²) >= 11 is 0. The molecule has 0 aliphatic rings. The van der Waals surface area contributed by atoms with E-state index >= 15 is 0 Å². The van der Waals surface area contributed by atoms with Crippen LogP contribution in [-0.4, -0.2) is 34.9 Å². The number of carbonyl (C=O) groups excluding carboxylic acids is 1. The molecule has 0 saturated carbocycles. The predicted molar refractivity (Wildman–Crippen MR) is 114 cm³/mol. The number of carbonyl (C=O) groups is 1. The number of aromatic nitrogens is 3. The summed E-state index contributed by atoms with van der Waals surface area (Å²) in [6.07, 6.45) is 2.21. The van der Waals surface area contributed by atoms with Crippen molar-refractivity contribution in [1.82, 2.24) is 14.4 Å². The molecule has 2 heterocycles. The van der Waals surface area contributed by atoms with E-state index in [9.17, 15) is 9.18 Å². The number of para-hydroxylation sites is 1. The minimum absolute atomic E-state index is 0.183. The van der Waals surface area contributed by atoms with E-state index in [1.54, 1.807) is 43.0 Å². The first-order valence-electron chi connectivity index (χ1n) is 9.52. The van der Waals surface area contributed by atoms with Gasteiger partial charge in [0, 0.05) is 29.8 Å². The van der Waals surface area contributed by atoms with Crippen LogP contribution in [0, 0.1) is 5.82 Å². The van der Waals surface area contributed by atoms with Crippen molar-refractivity contribution >= 4 is 28.8 Å². The Kier molecular flexibility index (Phi) is 6.46. The first-order valence-corrected chi connectivity index (χ1v) is 9.52. The summed E-state index contributed by atoms with van der Waals surface area (Å²) in [6, 6.07) is 10.1. The maximum absolute atomic E-state index is 14.3. The van der Waals surface area contributed by atoms with E-state index in [1.165, 1.54) is 6.07 Å². The zero-order chi connectivity index (χ0) is 21.7. The van der Waals surface area contributed by atoms with Crippen LogP contribution in [0.3, 0.4) is 0 Å². The Hall–Kier alpha value is -3.68. The van der Waals surface area contributed by atoms with Gasteiger partial charge in [0.1, 0.15) is 34.2 Å². The molecule has 30 heavy (non-hydrogen) atoms. The lowest BCUT2D eigenvalue weighted by molar-refractivity contribution is 0.111. The van der Waals surface area contributed by atoms with Crippen LogP contribution < -0.4 is 14.8 Å². The smallest absolute Gasteiger partial charge is 0.209 e. The van der Waals surface area contributed by atoms with Crippen molar-refractivity contribution in [3.05, 3.63) is 59.7 Å². The molecule has 1 N–H and O–H groups in total. The Balaban J connectivity index is 0.00000124. The molecule has 0 atom stereocenters. The maximum atomic E-state index is 14.3. The average Bonchev–Trinajstić information content (AvgIpc) is 3.24. The molecule has 156 valence electrons. The van der Waals surface area contributed by atoms with Crippen LogP contribution in [0.25, 0.3) is 16.6 Å². The van der Waals surface area contributed by atoms with Crippen LogP contribution in [0.15, 0.2) is 42.6 Å². The quantitative estimate of drug-likeness (QED) is 0.472. The molecule has 4 rings (SSSR count). The van der Waals surface area contributed by atoms with Crippen molar-refractivity contribution in [2.45, 2.75) is 20.4 Å². The third-order valence-electron chi connectivity index (χ3n) is 4.45. The number of ether oxygens (including phenoxy) is 2. The number of fused-ring (bicyclic) bond motifs is 3. The highest BCUT2D eigenvalue weighted by molar-refractivity contribution is 5.94. The number of nitrogens with zero attached hydrogens (tertiary/aromatic N) is 3. The molecule has 0 radical (unpaired) electrons. The summed E-state index contributed by atoms with van der Waals surface area (Å²) in [5.74, 6) is 1.24. The summed E-state index contributed by atoms with van der Waals surface area (Å²) in [7, 11) is 3.16. The summed E-state index contributed by atoms with van der Waals surface area (Å²) in [4.78, 5) is 19.9. The fourth-order valence-electron chi connectivity index (χ4n) is 3.07. The van der Waals surface area contributed by atoms with Gasteiger partial charge < -0.3 is 14.8 Å². The highest BCUT2D eigenvalue weighted by Gasteiger charge is 2.14. The largest absolute Gasteiger partial charge is 0.497 e. The zero-order valence-corrected chi connectivity index (χ0v) is 17.3. The second-order valence-corrected chi connectivity index (χ2v) is 6.08. The standard InChI is InChI=1S/C20H17FN4O3.C2H6/c1-27-14-7-6-12(17(8-14)28-2)9-22-20-24-18-15(4-3-5-16(18)21)19-23-13(11-26)10-25(19)20;1-2/h3-8,10-11H,9H2,1-2H3,(H,22,24);1-2H3. The number of benzene rings is 2. The Bertz CT molecular complexity index is 1190. The van der Waals surface area contributed by atoms with E-state index in [-0.39, 0.29) is 11.2 Å². The van der Waals surface area contributed by atoms with Gasteiger partial charge in [-0.05, 0) is 24.3 Å². The summed E-state index contributed by atoms with van der Waals surface area (Å²) < 4.78 is 26.6. The number of halogens is 1. The van der Waals surface area contributed by atoms with E-state index in [2.05, 4.69) is 15.3 Å². The number of rotatable bonds is 6. The molecule has 0 aliphatic heterocycles. The lowest BCUT2D eigenvalue weighted by atomic mass is 10.2. The molecule has 7 nitrogen and oxygen atoms in total. The van der Waals surface area contributed by atoms with Crippen LogP contribution in [0.4, 0.5) is 10.3 Å². The van der Waals surface area contributed by atoms with Crippen LogP contribution >= 0.6 is 0 Å². The molecule has 2 aromatic carbocycles. The first-order chi connectivity index (χ1) is 14.6. The van der Waals surface area contributed by atoms with E-state index in [0.29, 0.717) is 41.3 Å². The normalized spacial score (nSPS) is 10.4. The molecule has 8 heteroatoms. The molecule has 2 aromatic heterocycles. The van der Waals surface area contributed by atoms with Gasteiger partial charge >= 0.3 is 0 Å². The van der Waals surface area contributed by atoms with Gasteiger partial charge in [0.2, 0.25) is 5.95 Å². The Morgan fingerprint density at radius 3 is 2.63 bits per heavy atom. The van der Waals surface area contributed by atoms with Crippen molar-refractivity contribution in [3.63, 3.8) is 0 Å². The number of methoxy groups -OCH3 is 2. The van der Waals surface area contributed by atoms with E-state index < -0.39 is 5.82 Å². The van der Waals surface area contributed by atoms with Gasteiger partial charge in [-0.25, -0.2) is 14.4 Å². The number of imidazole rings is 1. The minimum Gasteiger partial charge on any atom is -0.497 e. The fourth-order valence-corrected chi connectivity index (χ4v) is 3.07. The zero-order valence-electron chi connectivity index (χ0n) is 17.3. The molecule has 0 spiro atoms. The van der Waals surface area contributed by atoms with Gasteiger partial charge in [0.25, 0.3) is 0 Å². The Morgan fingerprint density at radius 2 is 1.93 bits per heavy atom. The number of aldehydes is 1. The fraction of sp³-hybridized carbons (Fsp3) is 0.227. The van der Waals surface area contributed by atoms with Gasteiger partial charge in [0.05, 0.1) is 14.2 Å². The number of hydrogen-bond acceptors (Lipinski definition) is 6. The van der Waals surface area contributed by atoms with Gasteiger partial charge in [-0.1, -0.05) is 19.9 Å². The number of anilines is 1. The van der Waals surface area contributed by atoms with Gasteiger partial charge in [-0.15, -0.1) is 0 Å². The average molecular weight is 410 g/mol. The second-order valence-electron chi connectivity index (χ2n) is 6.08. The van der Waals surface area contributed by atoms with Crippen LogP contribution in [0.2, 0.25) is 0 Å².